The number of hydrogen-bond donors (Lipinski definition) is 0. The third-order valence-corrected chi connectivity index (χ3v) is 8.61. The summed E-state index contributed by atoms with van der Waals surface area (Å²) in [5, 5.41) is 1.39. The van der Waals surface area contributed by atoms with Crippen LogP contribution < -0.4 is 5.30 Å². The van der Waals surface area contributed by atoms with Crippen LogP contribution in [0, 0.1) is 0 Å². The van der Waals surface area contributed by atoms with Gasteiger partial charge in [0.25, 0.3) is 0 Å². The molecule has 0 heterocycles. The van der Waals surface area contributed by atoms with E-state index >= 15 is 0 Å². The first-order valence-corrected chi connectivity index (χ1v) is 13.5. The molecule has 0 saturated heterocycles. The third kappa shape index (κ3) is 7.74. The van der Waals surface area contributed by atoms with E-state index < -0.39 is 13.3 Å². The van der Waals surface area contributed by atoms with Crippen LogP contribution in [0.25, 0.3) is 0 Å². The lowest BCUT2D eigenvalue weighted by atomic mass is 10.4. The van der Waals surface area contributed by atoms with Gasteiger partial charge in [-0.15, -0.1) is 0 Å². The van der Waals surface area contributed by atoms with Crippen molar-refractivity contribution in [2.75, 3.05) is 24.6 Å². The van der Waals surface area contributed by atoms with Crippen LogP contribution in [-0.4, -0.2) is 24.6 Å². The van der Waals surface area contributed by atoms with Crippen molar-refractivity contribution in [2.24, 2.45) is 0 Å². The average molecular weight is 368 g/mol. The number of rotatable bonds is 7. The lowest BCUT2D eigenvalue weighted by molar-refractivity contribution is 1.44. The van der Waals surface area contributed by atoms with E-state index in [2.05, 4.69) is 24.3 Å². The molecule has 0 atom stereocenters. The summed E-state index contributed by atoms with van der Waals surface area (Å²) in [6.45, 7) is -1.70. The largest absolute Gasteiger partial charge is 0.0858 e. The Bertz CT molecular complexity index is 296. The highest BCUT2D eigenvalue weighted by Gasteiger charge is 2.14. The second-order valence-electron chi connectivity index (χ2n) is 3.38. The zero-order chi connectivity index (χ0) is 12.7. The highest BCUT2D eigenvalue weighted by atomic mass is 35.9. The number of benzene rings is 1. The molecule has 96 valence electrons. The maximum absolute atomic E-state index is 5.86. The summed E-state index contributed by atoms with van der Waals surface area (Å²) < 4.78 is 0. The molecule has 0 fully saturated rings. The maximum atomic E-state index is 5.86. The average Bonchev–Trinajstić information content (AvgIpc) is 2.29. The molecule has 0 unspecified atom stereocenters. The first-order valence-electron chi connectivity index (χ1n) is 5.08. The normalized spacial score (nSPS) is 11.7. The zero-order valence-electron chi connectivity index (χ0n) is 9.07. The van der Waals surface area contributed by atoms with Gasteiger partial charge in [0.15, 0.2) is 0 Å². The van der Waals surface area contributed by atoms with Crippen molar-refractivity contribution in [3.05, 3.63) is 30.3 Å². The van der Waals surface area contributed by atoms with Crippen LogP contribution in [0.15, 0.2) is 30.3 Å². The summed E-state index contributed by atoms with van der Waals surface area (Å²) in [4.78, 5) is 0. The van der Waals surface area contributed by atoms with Gasteiger partial charge in [0.2, 0.25) is 0 Å². The van der Waals surface area contributed by atoms with Gasteiger partial charge in [-0.3, -0.25) is 0 Å². The molecular formula is C10H13Cl4P3. The van der Waals surface area contributed by atoms with Crippen LogP contribution in [0.1, 0.15) is 0 Å². The second-order valence-corrected chi connectivity index (χ2v) is 13.9. The van der Waals surface area contributed by atoms with Gasteiger partial charge in [-0.2, -0.15) is 0 Å². The van der Waals surface area contributed by atoms with Gasteiger partial charge in [0.1, 0.15) is 0 Å². The van der Waals surface area contributed by atoms with Crippen molar-refractivity contribution in [3.8, 4) is 0 Å². The SMILES string of the molecule is ClP(Cl)CCP(CCP(Cl)Cl)c1ccccc1. The molecular weight excluding hydrogens is 355 g/mol. The molecule has 0 aliphatic rings. The van der Waals surface area contributed by atoms with Gasteiger partial charge < -0.3 is 0 Å². The maximum Gasteiger partial charge on any atom is 0.0858 e. The summed E-state index contributed by atoms with van der Waals surface area (Å²) >= 11 is 23.5. The van der Waals surface area contributed by atoms with Crippen LogP contribution in [0.3, 0.4) is 0 Å². The monoisotopic (exact) mass is 366 g/mol. The van der Waals surface area contributed by atoms with Crippen molar-refractivity contribution < 1.29 is 0 Å². The van der Waals surface area contributed by atoms with Gasteiger partial charge in [0.05, 0.1) is 13.3 Å². The number of hydrogen-bond acceptors (Lipinski definition) is 0. The van der Waals surface area contributed by atoms with Crippen LogP contribution >= 0.6 is 66.1 Å². The minimum Gasteiger partial charge on any atom is -0.0781 e. The standard InChI is InChI=1S/C10H13Cl4P3/c11-16(12)8-6-15(7-9-17(13)14)10-4-2-1-3-5-10/h1-5H,6-9H2. The van der Waals surface area contributed by atoms with Crippen LogP contribution in [0.5, 0.6) is 0 Å². The Balaban J connectivity index is 2.58. The van der Waals surface area contributed by atoms with Crippen molar-refractivity contribution in [3.63, 3.8) is 0 Å². The van der Waals surface area contributed by atoms with Crippen molar-refractivity contribution in [1.29, 1.82) is 0 Å². The smallest absolute Gasteiger partial charge is 0.0781 e. The lowest BCUT2D eigenvalue weighted by Gasteiger charge is -2.18. The Morgan fingerprint density at radius 3 is 1.59 bits per heavy atom. The molecule has 1 rings (SSSR count). The molecule has 0 radical (unpaired) electrons. The second kappa shape index (κ2) is 9.55. The van der Waals surface area contributed by atoms with E-state index in [1.165, 1.54) is 5.30 Å². The molecule has 0 aliphatic heterocycles. The molecule has 17 heavy (non-hydrogen) atoms. The van der Waals surface area contributed by atoms with Crippen molar-refractivity contribution in [2.45, 2.75) is 0 Å². The van der Waals surface area contributed by atoms with Crippen LogP contribution in [0.4, 0.5) is 0 Å². The molecule has 0 amide bonds. The highest BCUT2D eigenvalue weighted by molar-refractivity contribution is 8.04. The van der Waals surface area contributed by atoms with E-state index in [4.69, 9.17) is 45.0 Å². The van der Waals surface area contributed by atoms with Gasteiger partial charge in [0, 0.05) is 0 Å². The molecule has 0 spiro atoms. The predicted octanol–water partition coefficient (Wildman–Crippen LogP) is 6.37. The summed E-state index contributed by atoms with van der Waals surface area (Å²) in [7, 11) is -0.226. The Kier molecular flexibility index (Phi) is 9.40. The minimum atomic E-state index is -0.849. The van der Waals surface area contributed by atoms with E-state index in [0.29, 0.717) is 0 Å². The van der Waals surface area contributed by atoms with Crippen LogP contribution in [-0.2, 0) is 0 Å². The molecule has 7 heteroatoms. The molecule has 1 aromatic carbocycles. The van der Waals surface area contributed by atoms with Gasteiger partial charge >= 0.3 is 0 Å². The summed E-state index contributed by atoms with van der Waals surface area (Å²) in [6, 6.07) is 10.5. The third-order valence-electron chi connectivity index (χ3n) is 2.20. The number of halogens is 4. The Labute approximate surface area is 126 Å². The van der Waals surface area contributed by atoms with E-state index in [1.807, 2.05) is 6.07 Å². The van der Waals surface area contributed by atoms with Gasteiger partial charge in [-0.1, -0.05) is 83.2 Å². The summed E-state index contributed by atoms with van der Waals surface area (Å²) in [5.74, 6) is 0. The molecule has 1 aromatic rings. The molecule has 0 N–H and O–H groups in total. The fourth-order valence-electron chi connectivity index (χ4n) is 1.40. The Hall–Kier alpha value is 1.67. The fourth-order valence-corrected chi connectivity index (χ4v) is 8.60. The van der Waals surface area contributed by atoms with Gasteiger partial charge in [-0.05, 0) is 30.0 Å². The molecule has 0 aromatic heterocycles. The molecule has 0 nitrogen and oxygen atoms in total. The topological polar surface area (TPSA) is 0 Å². The lowest BCUT2D eigenvalue weighted by Crippen LogP contribution is -2.08. The minimum absolute atomic E-state index is 0.226. The molecule has 0 aliphatic carbocycles. The first-order chi connectivity index (χ1) is 8.09. The van der Waals surface area contributed by atoms with E-state index in [1.54, 1.807) is 0 Å². The van der Waals surface area contributed by atoms with E-state index in [-0.39, 0.29) is 7.92 Å². The first kappa shape index (κ1) is 16.7. The predicted molar refractivity (Wildman–Crippen MR) is 89.7 cm³/mol. The van der Waals surface area contributed by atoms with Crippen molar-refractivity contribution in [1.82, 2.24) is 0 Å². The van der Waals surface area contributed by atoms with Gasteiger partial charge in [-0.25, -0.2) is 0 Å². The molecule has 0 bridgehead atoms. The summed E-state index contributed by atoms with van der Waals surface area (Å²) in [5.41, 5.74) is 0. The highest BCUT2D eigenvalue weighted by Crippen LogP contribution is 2.52. The van der Waals surface area contributed by atoms with E-state index in [9.17, 15) is 0 Å². The van der Waals surface area contributed by atoms with Crippen molar-refractivity contribution >= 4 is 71.4 Å². The fraction of sp³-hybridized carbons (Fsp3) is 0.400. The zero-order valence-corrected chi connectivity index (χ0v) is 14.8. The Morgan fingerprint density at radius 1 is 0.706 bits per heavy atom. The quantitative estimate of drug-likeness (QED) is 0.491. The molecule has 0 saturated carbocycles. The summed E-state index contributed by atoms with van der Waals surface area (Å²) in [6.07, 6.45) is 3.91. The van der Waals surface area contributed by atoms with E-state index in [0.717, 1.165) is 24.6 Å². The van der Waals surface area contributed by atoms with Crippen LogP contribution in [0.2, 0.25) is 0 Å². The Morgan fingerprint density at radius 2 is 1.18 bits per heavy atom.